The van der Waals surface area contributed by atoms with Crippen LogP contribution in [0.15, 0.2) is 54.6 Å². The fourth-order valence-corrected chi connectivity index (χ4v) is 5.03. The van der Waals surface area contributed by atoms with Crippen molar-refractivity contribution in [3.63, 3.8) is 0 Å². The van der Waals surface area contributed by atoms with Gasteiger partial charge in [-0.05, 0) is 35.7 Å². The zero-order chi connectivity index (χ0) is 20.4. The number of rotatable bonds is 5. The Morgan fingerprint density at radius 2 is 1.76 bits per heavy atom. The summed E-state index contributed by atoms with van der Waals surface area (Å²) >= 11 is 1.46. The highest BCUT2D eigenvalue weighted by Crippen LogP contribution is 2.36. The summed E-state index contributed by atoms with van der Waals surface area (Å²) in [6.07, 6.45) is 1.02. The number of nitrogens with one attached hydrogen (secondary N) is 1. The van der Waals surface area contributed by atoms with Crippen LogP contribution in [0.1, 0.15) is 26.4 Å². The second-order valence-electron chi connectivity index (χ2n) is 7.35. The maximum Gasteiger partial charge on any atom is 0.251 e. The van der Waals surface area contributed by atoms with Crippen LogP contribution in [-0.2, 0) is 24.2 Å². The van der Waals surface area contributed by atoms with Gasteiger partial charge in [-0.3, -0.25) is 9.59 Å². The Morgan fingerprint density at radius 3 is 2.45 bits per heavy atom. The molecule has 5 nitrogen and oxygen atoms in total. The maximum absolute atomic E-state index is 12.6. The molecule has 6 heteroatoms. The Kier molecular flexibility index (Phi) is 5.47. The summed E-state index contributed by atoms with van der Waals surface area (Å²) in [7, 11) is 2.05. The van der Waals surface area contributed by atoms with Crippen molar-refractivity contribution in [1.29, 1.82) is 0 Å². The average Bonchev–Trinajstić information content (AvgIpc) is 3.06. The number of nitrogens with zero attached hydrogens (tertiary/aromatic N) is 1. The molecule has 1 aromatic heterocycles. The third-order valence-electron chi connectivity index (χ3n) is 5.17. The fourth-order valence-electron chi connectivity index (χ4n) is 3.68. The molecule has 0 saturated heterocycles. The lowest BCUT2D eigenvalue weighted by atomic mass is 10.0. The molecule has 0 bridgehead atoms. The van der Waals surface area contributed by atoms with Crippen LogP contribution in [0.2, 0.25) is 0 Å². The SMILES string of the molecule is CN1CCc2c(sc(NC(=O)Cc3ccc(-c4ccccc4)cc3)c2C(N)=O)C1. The predicted molar refractivity (Wildman–Crippen MR) is 117 cm³/mol. The average molecular weight is 406 g/mol. The van der Waals surface area contributed by atoms with Gasteiger partial charge in [-0.2, -0.15) is 0 Å². The minimum absolute atomic E-state index is 0.146. The van der Waals surface area contributed by atoms with Crippen molar-refractivity contribution in [2.75, 3.05) is 18.9 Å². The van der Waals surface area contributed by atoms with Gasteiger partial charge < -0.3 is 16.0 Å². The zero-order valence-electron chi connectivity index (χ0n) is 16.3. The van der Waals surface area contributed by atoms with E-state index < -0.39 is 5.91 Å². The van der Waals surface area contributed by atoms with Gasteiger partial charge in [0, 0.05) is 18.0 Å². The van der Waals surface area contributed by atoms with E-state index >= 15 is 0 Å². The summed E-state index contributed by atoms with van der Waals surface area (Å²) in [6.45, 7) is 1.66. The highest BCUT2D eigenvalue weighted by molar-refractivity contribution is 7.17. The molecule has 0 radical (unpaired) electrons. The molecule has 0 fully saturated rings. The van der Waals surface area contributed by atoms with Crippen molar-refractivity contribution in [3.05, 3.63) is 76.2 Å². The Bertz CT molecular complexity index is 1040. The number of benzene rings is 2. The van der Waals surface area contributed by atoms with E-state index in [-0.39, 0.29) is 12.3 Å². The van der Waals surface area contributed by atoms with Crippen LogP contribution in [0.25, 0.3) is 11.1 Å². The van der Waals surface area contributed by atoms with E-state index in [4.69, 9.17) is 5.73 Å². The van der Waals surface area contributed by atoms with Gasteiger partial charge in [0.1, 0.15) is 5.00 Å². The third-order valence-corrected chi connectivity index (χ3v) is 6.31. The number of fused-ring (bicyclic) bond motifs is 1. The van der Waals surface area contributed by atoms with Gasteiger partial charge in [0.25, 0.3) is 5.91 Å². The number of amides is 2. The van der Waals surface area contributed by atoms with Gasteiger partial charge in [0.15, 0.2) is 0 Å². The monoisotopic (exact) mass is 405 g/mol. The number of primary amides is 1. The number of anilines is 1. The predicted octanol–water partition coefficient (Wildman–Crippen LogP) is 3.68. The van der Waals surface area contributed by atoms with E-state index in [9.17, 15) is 9.59 Å². The molecule has 0 saturated carbocycles. The molecular formula is C23H23N3O2S. The van der Waals surface area contributed by atoms with E-state index in [0.717, 1.165) is 46.6 Å². The molecular weight excluding hydrogens is 382 g/mol. The molecule has 4 rings (SSSR count). The highest BCUT2D eigenvalue weighted by Gasteiger charge is 2.26. The molecule has 3 N–H and O–H groups in total. The first-order valence-electron chi connectivity index (χ1n) is 9.58. The van der Waals surface area contributed by atoms with E-state index in [1.165, 1.54) is 11.3 Å². The van der Waals surface area contributed by atoms with Gasteiger partial charge in [0.05, 0.1) is 12.0 Å². The lowest BCUT2D eigenvalue weighted by molar-refractivity contribution is -0.115. The Labute approximate surface area is 174 Å². The van der Waals surface area contributed by atoms with Crippen molar-refractivity contribution in [2.24, 2.45) is 5.73 Å². The van der Waals surface area contributed by atoms with Crippen molar-refractivity contribution in [2.45, 2.75) is 19.4 Å². The smallest absolute Gasteiger partial charge is 0.251 e. The molecule has 2 aromatic carbocycles. The van der Waals surface area contributed by atoms with E-state index in [1.54, 1.807) is 0 Å². The summed E-state index contributed by atoms with van der Waals surface area (Å²) in [5.41, 5.74) is 10.3. The number of thiophene rings is 1. The molecule has 1 aliphatic heterocycles. The van der Waals surface area contributed by atoms with Crippen LogP contribution < -0.4 is 11.1 Å². The van der Waals surface area contributed by atoms with Crippen LogP contribution in [0, 0.1) is 0 Å². The lowest BCUT2D eigenvalue weighted by Gasteiger charge is -2.22. The molecule has 1 aliphatic rings. The minimum Gasteiger partial charge on any atom is -0.365 e. The zero-order valence-corrected chi connectivity index (χ0v) is 17.1. The van der Waals surface area contributed by atoms with Gasteiger partial charge in [-0.25, -0.2) is 0 Å². The lowest BCUT2D eigenvalue weighted by Crippen LogP contribution is -2.27. The number of hydrogen-bond acceptors (Lipinski definition) is 4. The largest absolute Gasteiger partial charge is 0.365 e. The van der Waals surface area contributed by atoms with Crippen LogP contribution >= 0.6 is 11.3 Å². The van der Waals surface area contributed by atoms with Gasteiger partial charge >= 0.3 is 0 Å². The number of likely N-dealkylation sites (N-methyl/N-ethyl adjacent to an activating group) is 1. The third kappa shape index (κ3) is 4.23. The molecule has 29 heavy (non-hydrogen) atoms. The Hall–Kier alpha value is -2.96. The number of hydrogen-bond donors (Lipinski definition) is 2. The summed E-state index contributed by atoms with van der Waals surface area (Å²) in [5.74, 6) is -0.624. The molecule has 2 heterocycles. The highest BCUT2D eigenvalue weighted by atomic mass is 32.1. The number of carbonyl (C=O) groups is 2. The first-order valence-corrected chi connectivity index (χ1v) is 10.4. The summed E-state index contributed by atoms with van der Waals surface area (Å²) in [5, 5.41) is 3.49. The second kappa shape index (κ2) is 8.19. The molecule has 2 amide bonds. The van der Waals surface area contributed by atoms with E-state index in [0.29, 0.717) is 10.6 Å². The van der Waals surface area contributed by atoms with Crippen molar-refractivity contribution >= 4 is 28.2 Å². The van der Waals surface area contributed by atoms with Gasteiger partial charge in [0.2, 0.25) is 5.91 Å². The number of nitrogens with two attached hydrogens (primary N) is 1. The van der Waals surface area contributed by atoms with Crippen molar-refractivity contribution in [1.82, 2.24) is 4.90 Å². The first-order chi connectivity index (χ1) is 14.0. The second-order valence-corrected chi connectivity index (χ2v) is 8.45. The summed E-state index contributed by atoms with van der Waals surface area (Å²) < 4.78 is 0. The fraction of sp³-hybridized carbons (Fsp3) is 0.217. The molecule has 0 atom stereocenters. The maximum atomic E-state index is 12.6. The van der Waals surface area contributed by atoms with E-state index in [1.807, 2.05) is 49.5 Å². The first kappa shape index (κ1) is 19.4. The van der Waals surface area contributed by atoms with Gasteiger partial charge in [-0.15, -0.1) is 11.3 Å². The molecule has 0 unspecified atom stereocenters. The van der Waals surface area contributed by atoms with Crippen LogP contribution in [-0.4, -0.2) is 30.3 Å². The number of carbonyl (C=O) groups excluding carboxylic acids is 2. The van der Waals surface area contributed by atoms with Crippen LogP contribution in [0.5, 0.6) is 0 Å². The standard InChI is InChI=1S/C23H23N3O2S/c1-26-12-11-18-19(14-26)29-23(21(18)22(24)28)25-20(27)13-15-7-9-17(10-8-15)16-5-3-2-4-6-16/h2-10H,11-14H2,1H3,(H2,24,28)(H,25,27). The van der Waals surface area contributed by atoms with Crippen molar-refractivity contribution < 1.29 is 9.59 Å². The molecule has 3 aromatic rings. The quantitative estimate of drug-likeness (QED) is 0.680. The Balaban J connectivity index is 1.48. The van der Waals surface area contributed by atoms with Crippen LogP contribution in [0.3, 0.4) is 0 Å². The van der Waals surface area contributed by atoms with Crippen LogP contribution in [0.4, 0.5) is 5.00 Å². The minimum atomic E-state index is -0.477. The molecule has 148 valence electrons. The van der Waals surface area contributed by atoms with Crippen molar-refractivity contribution in [3.8, 4) is 11.1 Å². The molecule has 0 aliphatic carbocycles. The normalized spacial score (nSPS) is 13.7. The van der Waals surface area contributed by atoms with Gasteiger partial charge in [-0.1, -0.05) is 54.6 Å². The Morgan fingerprint density at radius 1 is 1.07 bits per heavy atom. The summed E-state index contributed by atoms with van der Waals surface area (Å²) in [4.78, 5) is 27.9. The summed E-state index contributed by atoms with van der Waals surface area (Å²) in [6, 6.07) is 18.1. The molecule has 0 spiro atoms. The topological polar surface area (TPSA) is 75.4 Å². The van der Waals surface area contributed by atoms with E-state index in [2.05, 4.69) is 22.3 Å².